The van der Waals surface area contributed by atoms with E-state index in [1.807, 2.05) is 42.5 Å². The van der Waals surface area contributed by atoms with Crippen molar-refractivity contribution in [2.75, 3.05) is 0 Å². The highest BCUT2D eigenvalue weighted by Crippen LogP contribution is 2.25. The molecule has 25 heavy (non-hydrogen) atoms. The average molecular weight is 399 g/mol. The first-order valence-corrected chi connectivity index (χ1v) is 8.36. The third-order valence-electron chi connectivity index (χ3n) is 3.27. The summed E-state index contributed by atoms with van der Waals surface area (Å²) in [6.07, 6.45) is 1.56. The van der Waals surface area contributed by atoms with E-state index in [9.17, 15) is 4.79 Å². The predicted molar refractivity (Wildman–Crippen MR) is 97.2 cm³/mol. The number of halogens is 1. The highest BCUT2D eigenvalue weighted by atomic mass is 79.9. The fourth-order valence-corrected chi connectivity index (χ4v) is 2.48. The minimum Gasteiger partial charge on any atom is -0.438 e. The summed E-state index contributed by atoms with van der Waals surface area (Å²) in [4.78, 5) is 21.8. The molecule has 1 N–H and O–H groups in total. The highest BCUT2D eigenvalue weighted by Gasteiger charge is 2.14. The first kappa shape index (κ1) is 17.1. The lowest BCUT2D eigenvalue weighted by atomic mass is 10.2. The molecule has 0 spiro atoms. The Morgan fingerprint density at radius 3 is 2.68 bits per heavy atom. The maximum absolute atomic E-state index is 12.3. The highest BCUT2D eigenvalue weighted by molar-refractivity contribution is 9.10. The van der Waals surface area contributed by atoms with Crippen molar-refractivity contribution >= 4 is 21.8 Å². The molecular formula is C19H15BrN2O3. The van der Waals surface area contributed by atoms with Crippen LogP contribution in [0.15, 0.2) is 77.4 Å². The molecule has 1 aromatic heterocycles. The van der Waals surface area contributed by atoms with E-state index in [-0.39, 0.29) is 18.1 Å². The van der Waals surface area contributed by atoms with E-state index >= 15 is 0 Å². The molecular weight excluding hydrogens is 384 g/mol. The van der Waals surface area contributed by atoms with Crippen molar-refractivity contribution in [2.45, 2.75) is 6.61 Å². The first-order chi connectivity index (χ1) is 12.2. The van der Waals surface area contributed by atoms with Crippen LogP contribution in [0.1, 0.15) is 15.9 Å². The zero-order chi connectivity index (χ0) is 17.5. The molecule has 3 aromatic rings. The Balaban J connectivity index is 1.66. The number of hydrogen-bond donors (Lipinski definition) is 1. The molecule has 0 aliphatic rings. The molecule has 0 aliphatic heterocycles. The van der Waals surface area contributed by atoms with E-state index in [0.717, 1.165) is 10.0 Å². The Hall–Kier alpha value is -2.70. The van der Waals surface area contributed by atoms with Crippen LogP contribution in [-0.2, 0) is 11.4 Å². The largest absolute Gasteiger partial charge is 0.438 e. The first-order valence-electron chi connectivity index (χ1n) is 7.57. The van der Waals surface area contributed by atoms with E-state index < -0.39 is 5.91 Å². The van der Waals surface area contributed by atoms with Gasteiger partial charge < -0.3 is 4.74 Å². The standard InChI is InChI=1S/C19H15BrN2O3/c20-15-8-4-9-16(12-15)25-19-17(10-5-11-21-19)18(23)22-24-13-14-6-2-1-3-7-14/h1-12H,13H2,(H,22,23). The molecule has 1 heterocycles. The number of carbonyl (C=O) groups excluding carboxylic acids is 1. The van der Waals surface area contributed by atoms with Crippen LogP contribution < -0.4 is 10.2 Å². The summed E-state index contributed by atoms with van der Waals surface area (Å²) in [6.45, 7) is 0.272. The molecule has 0 bridgehead atoms. The zero-order valence-electron chi connectivity index (χ0n) is 13.2. The van der Waals surface area contributed by atoms with E-state index in [2.05, 4.69) is 26.4 Å². The summed E-state index contributed by atoms with van der Waals surface area (Å²) in [5, 5.41) is 0. The van der Waals surface area contributed by atoms with Crippen molar-refractivity contribution in [3.63, 3.8) is 0 Å². The molecule has 0 fully saturated rings. The maximum Gasteiger partial charge on any atom is 0.280 e. The lowest BCUT2D eigenvalue weighted by molar-refractivity contribution is 0.0231. The number of carbonyl (C=O) groups is 1. The van der Waals surface area contributed by atoms with Gasteiger partial charge in [-0.15, -0.1) is 0 Å². The van der Waals surface area contributed by atoms with Gasteiger partial charge >= 0.3 is 0 Å². The van der Waals surface area contributed by atoms with Crippen molar-refractivity contribution in [1.29, 1.82) is 0 Å². The summed E-state index contributed by atoms with van der Waals surface area (Å²) >= 11 is 3.38. The van der Waals surface area contributed by atoms with Gasteiger partial charge in [-0.1, -0.05) is 52.3 Å². The Morgan fingerprint density at radius 2 is 1.88 bits per heavy atom. The number of hydroxylamine groups is 1. The summed E-state index contributed by atoms with van der Waals surface area (Å²) in [6, 6.07) is 20.2. The molecule has 3 rings (SSSR count). The van der Waals surface area contributed by atoms with Crippen molar-refractivity contribution in [3.8, 4) is 11.6 Å². The number of hydrogen-bond acceptors (Lipinski definition) is 4. The lowest BCUT2D eigenvalue weighted by Crippen LogP contribution is -2.24. The summed E-state index contributed by atoms with van der Waals surface area (Å²) in [5.41, 5.74) is 3.66. The summed E-state index contributed by atoms with van der Waals surface area (Å²) in [7, 11) is 0. The van der Waals surface area contributed by atoms with Crippen LogP contribution in [0, 0.1) is 0 Å². The summed E-state index contributed by atoms with van der Waals surface area (Å²) < 4.78 is 6.59. The lowest BCUT2D eigenvalue weighted by Gasteiger charge is -2.10. The van der Waals surface area contributed by atoms with Gasteiger partial charge in [0.15, 0.2) is 0 Å². The van der Waals surface area contributed by atoms with Crippen LogP contribution in [0.25, 0.3) is 0 Å². The number of ether oxygens (including phenoxy) is 1. The molecule has 5 nitrogen and oxygen atoms in total. The number of pyridine rings is 1. The third-order valence-corrected chi connectivity index (χ3v) is 3.77. The summed E-state index contributed by atoms with van der Waals surface area (Å²) in [5.74, 6) is 0.364. The molecule has 0 atom stereocenters. The molecule has 0 saturated heterocycles. The second-order valence-electron chi connectivity index (χ2n) is 5.12. The Morgan fingerprint density at radius 1 is 1.04 bits per heavy atom. The molecule has 6 heteroatoms. The number of benzene rings is 2. The van der Waals surface area contributed by atoms with Gasteiger partial charge in [-0.2, -0.15) is 0 Å². The number of rotatable bonds is 6. The van der Waals surface area contributed by atoms with Crippen LogP contribution in [0.5, 0.6) is 11.6 Å². The van der Waals surface area contributed by atoms with Crippen molar-refractivity contribution < 1.29 is 14.4 Å². The monoisotopic (exact) mass is 398 g/mol. The molecule has 0 aliphatic carbocycles. The topological polar surface area (TPSA) is 60.5 Å². The van der Waals surface area contributed by atoms with Crippen LogP contribution in [0.4, 0.5) is 0 Å². The molecule has 0 unspecified atom stereocenters. The molecule has 0 radical (unpaired) electrons. The Kier molecular flexibility index (Phi) is 5.77. The van der Waals surface area contributed by atoms with Gasteiger partial charge in [0, 0.05) is 10.7 Å². The molecule has 2 aromatic carbocycles. The molecule has 126 valence electrons. The van der Waals surface area contributed by atoms with Gasteiger partial charge in [0.05, 0.1) is 6.61 Å². The Labute approximate surface area is 153 Å². The van der Waals surface area contributed by atoms with Gasteiger partial charge in [-0.05, 0) is 35.9 Å². The van der Waals surface area contributed by atoms with Crippen molar-refractivity contribution in [3.05, 3.63) is 88.5 Å². The van der Waals surface area contributed by atoms with Crippen LogP contribution in [-0.4, -0.2) is 10.9 Å². The third kappa shape index (κ3) is 4.89. The predicted octanol–water partition coefficient (Wildman–Crippen LogP) is 4.50. The SMILES string of the molecule is O=C(NOCc1ccccc1)c1cccnc1Oc1cccc(Br)c1. The second kappa shape index (κ2) is 8.41. The van der Waals surface area contributed by atoms with Crippen LogP contribution >= 0.6 is 15.9 Å². The van der Waals surface area contributed by atoms with Crippen molar-refractivity contribution in [2.24, 2.45) is 0 Å². The fourth-order valence-electron chi connectivity index (χ4n) is 2.10. The normalized spacial score (nSPS) is 10.3. The average Bonchev–Trinajstić information content (AvgIpc) is 2.63. The van der Waals surface area contributed by atoms with Gasteiger partial charge in [-0.3, -0.25) is 9.63 Å². The number of amides is 1. The van der Waals surface area contributed by atoms with E-state index in [1.54, 1.807) is 30.5 Å². The smallest absolute Gasteiger partial charge is 0.280 e. The van der Waals surface area contributed by atoms with Gasteiger partial charge in [0.2, 0.25) is 5.88 Å². The minimum absolute atomic E-state index is 0.210. The minimum atomic E-state index is -0.422. The number of nitrogens with zero attached hydrogens (tertiary/aromatic N) is 1. The number of aromatic nitrogens is 1. The molecule has 0 saturated carbocycles. The van der Waals surface area contributed by atoms with E-state index in [1.165, 1.54) is 0 Å². The van der Waals surface area contributed by atoms with Gasteiger partial charge in [0.25, 0.3) is 5.91 Å². The van der Waals surface area contributed by atoms with Crippen LogP contribution in [0.3, 0.4) is 0 Å². The van der Waals surface area contributed by atoms with E-state index in [4.69, 9.17) is 9.57 Å². The Bertz CT molecular complexity index is 856. The quantitative estimate of drug-likeness (QED) is 0.621. The van der Waals surface area contributed by atoms with Gasteiger partial charge in [0.1, 0.15) is 11.3 Å². The second-order valence-corrected chi connectivity index (χ2v) is 6.04. The van der Waals surface area contributed by atoms with Crippen molar-refractivity contribution in [1.82, 2.24) is 10.5 Å². The zero-order valence-corrected chi connectivity index (χ0v) is 14.8. The fraction of sp³-hybridized carbons (Fsp3) is 0.0526. The van der Waals surface area contributed by atoms with Crippen LogP contribution in [0.2, 0.25) is 0 Å². The number of nitrogens with one attached hydrogen (secondary N) is 1. The van der Waals surface area contributed by atoms with Gasteiger partial charge in [-0.25, -0.2) is 10.5 Å². The maximum atomic E-state index is 12.3. The van der Waals surface area contributed by atoms with E-state index in [0.29, 0.717) is 5.75 Å². The molecule has 1 amide bonds.